The highest BCUT2D eigenvalue weighted by molar-refractivity contribution is 7.61. The third-order valence-electron chi connectivity index (χ3n) is 6.73. The van der Waals surface area contributed by atoms with Crippen molar-refractivity contribution in [3.63, 3.8) is 0 Å². The summed E-state index contributed by atoms with van der Waals surface area (Å²) in [5.41, 5.74) is -1.86. The van der Waals surface area contributed by atoms with Crippen molar-refractivity contribution in [3.8, 4) is 0 Å². The Kier molecular flexibility index (Phi) is 15.7. The van der Waals surface area contributed by atoms with Gasteiger partial charge in [-0.2, -0.15) is 4.31 Å². The number of carbonyl (C=O) groups is 3. The average molecular weight is 831 g/mol. The SMILES string of the molecule is CC(=O)NC1C(OP(=O)(O)OP(=O)(OCOC(C)=O)OCC2OC(n3ccc(=O)[nH]c3=O)C(O)C2O)OC(CO)C(O)C1OP(=O)(O)OCOC(C)=O. The van der Waals surface area contributed by atoms with E-state index in [-0.39, 0.29) is 0 Å². The first kappa shape index (κ1) is 44.6. The Labute approximate surface area is 296 Å². The predicted molar refractivity (Wildman–Crippen MR) is 162 cm³/mol. The van der Waals surface area contributed by atoms with Crippen LogP contribution in [0.5, 0.6) is 0 Å². The molecule has 1 aromatic heterocycles. The zero-order valence-electron chi connectivity index (χ0n) is 27.5. The fourth-order valence-electron chi connectivity index (χ4n) is 4.46. The number of nitrogens with one attached hydrogen (secondary N) is 2. The maximum atomic E-state index is 13.6. The quantitative estimate of drug-likeness (QED) is 0.0405. The smallest absolute Gasteiger partial charge is 0.438 e. The van der Waals surface area contributed by atoms with E-state index in [1.807, 2.05) is 4.98 Å². The monoisotopic (exact) mass is 831 g/mol. The molecule has 3 rings (SSSR count). The average Bonchev–Trinajstić information content (AvgIpc) is 3.30. The molecule has 0 saturated carbocycles. The first-order chi connectivity index (χ1) is 24.6. The summed E-state index contributed by atoms with van der Waals surface area (Å²) >= 11 is 0. The molecule has 0 spiro atoms. The number of aliphatic hydroxyl groups excluding tert-OH is 4. The molecule has 0 aliphatic carbocycles. The second-order valence-corrected chi connectivity index (χ2v) is 15.3. The zero-order valence-corrected chi connectivity index (χ0v) is 30.2. The Hall–Kier alpha value is -2.78. The number of H-pyrrole nitrogens is 1. The molecule has 8 N–H and O–H groups in total. The van der Waals surface area contributed by atoms with Crippen LogP contribution in [0.25, 0.3) is 0 Å². The van der Waals surface area contributed by atoms with E-state index in [1.54, 1.807) is 0 Å². The van der Waals surface area contributed by atoms with Crippen molar-refractivity contribution in [2.45, 2.75) is 76.0 Å². The normalized spacial score (nSPS) is 30.7. The van der Waals surface area contributed by atoms with Gasteiger partial charge in [0.25, 0.3) is 5.56 Å². The Morgan fingerprint density at radius 2 is 1.49 bits per heavy atom. The van der Waals surface area contributed by atoms with E-state index < -0.39 is 135 Å². The number of aliphatic hydroxyl groups is 4. The van der Waals surface area contributed by atoms with Gasteiger partial charge in [-0.1, -0.05) is 0 Å². The Morgan fingerprint density at radius 3 is 2.06 bits per heavy atom. The van der Waals surface area contributed by atoms with E-state index in [4.69, 9.17) is 27.6 Å². The molecule has 1 aromatic rings. The lowest BCUT2D eigenvalue weighted by atomic mass is 9.97. The van der Waals surface area contributed by atoms with Gasteiger partial charge in [-0.3, -0.25) is 42.3 Å². The highest BCUT2D eigenvalue weighted by atomic mass is 31.3. The first-order valence-corrected chi connectivity index (χ1v) is 19.1. The van der Waals surface area contributed by atoms with Gasteiger partial charge < -0.3 is 54.5 Å². The largest absolute Gasteiger partial charge is 0.486 e. The highest BCUT2D eigenvalue weighted by Crippen LogP contribution is 2.64. The van der Waals surface area contributed by atoms with Crippen LogP contribution in [0, 0.1) is 0 Å². The van der Waals surface area contributed by atoms with Gasteiger partial charge in [-0.05, 0) is 0 Å². The number of ether oxygens (including phenoxy) is 4. The summed E-state index contributed by atoms with van der Waals surface area (Å²) in [6, 6.07) is -1.16. The van der Waals surface area contributed by atoms with Gasteiger partial charge in [-0.25, -0.2) is 27.5 Å². The highest BCUT2D eigenvalue weighted by Gasteiger charge is 2.53. The van der Waals surface area contributed by atoms with Crippen LogP contribution in [-0.2, 0) is 74.0 Å². The molecule has 3 heterocycles. The topological polar surface area (TPSA) is 383 Å². The van der Waals surface area contributed by atoms with Crippen molar-refractivity contribution in [3.05, 3.63) is 33.1 Å². The Morgan fingerprint density at radius 1 is 0.868 bits per heavy atom. The summed E-state index contributed by atoms with van der Waals surface area (Å²) in [5.74, 6) is -2.94. The lowest BCUT2D eigenvalue weighted by Crippen LogP contribution is -2.65. The molecular formula is C23H36N3O24P3. The first-order valence-electron chi connectivity index (χ1n) is 14.7. The maximum absolute atomic E-state index is 13.6. The number of nitrogens with zero attached hydrogens (tertiary/aromatic N) is 1. The van der Waals surface area contributed by atoms with E-state index >= 15 is 0 Å². The molecule has 27 nitrogen and oxygen atoms in total. The standard InChI is InChI=1S/C23H36N3O24P3/c1-10(28)24-16-20(48-51(36,37)44-8-41-11(2)29)18(33)13(6-27)47-22(16)49-52(38,39)50-53(40,45-9-42-12(3)30)43-7-14-17(32)19(34)21(46-14)26-5-4-15(31)25-23(26)35/h4-5,13-14,16-22,27,32-34H,6-9H2,1-3H3,(H,24,28)(H,36,37)(H,38,39)(H,25,31,35). The number of hydrogen-bond acceptors (Lipinski definition) is 22. The third kappa shape index (κ3) is 12.9. The van der Waals surface area contributed by atoms with Gasteiger partial charge in [0.15, 0.2) is 12.5 Å². The van der Waals surface area contributed by atoms with Crippen molar-refractivity contribution in [2.24, 2.45) is 0 Å². The Balaban J connectivity index is 1.85. The van der Waals surface area contributed by atoms with Gasteiger partial charge in [0.2, 0.25) is 19.5 Å². The molecule has 0 radical (unpaired) electrons. The lowest BCUT2D eigenvalue weighted by Gasteiger charge is -2.44. The minimum absolute atomic E-state index is 0.684. The number of phosphoric ester groups is 3. The fraction of sp³-hybridized carbons (Fsp3) is 0.696. The van der Waals surface area contributed by atoms with Crippen LogP contribution in [0.4, 0.5) is 0 Å². The number of aromatic nitrogens is 2. The summed E-state index contributed by atoms with van der Waals surface area (Å²) in [7, 11) is -16.8. The molecular weight excluding hydrogens is 795 g/mol. The number of carbonyl (C=O) groups excluding carboxylic acids is 3. The van der Waals surface area contributed by atoms with Crippen molar-refractivity contribution < 1.29 is 104 Å². The molecule has 302 valence electrons. The van der Waals surface area contributed by atoms with E-state index in [0.717, 1.165) is 33.0 Å². The molecule has 2 fully saturated rings. The van der Waals surface area contributed by atoms with Crippen LogP contribution in [0.15, 0.2) is 21.9 Å². The van der Waals surface area contributed by atoms with Crippen LogP contribution in [0.2, 0.25) is 0 Å². The minimum atomic E-state index is -5.95. The van der Waals surface area contributed by atoms with E-state index in [9.17, 15) is 67.9 Å². The lowest BCUT2D eigenvalue weighted by molar-refractivity contribution is -0.245. The summed E-state index contributed by atoms with van der Waals surface area (Å²) in [4.78, 5) is 80.5. The molecule has 2 aliphatic heterocycles. The van der Waals surface area contributed by atoms with E-state index in [1.165, 1.54) is 0 Å². The van der Waals surface area contributed by atoms with Gasteiger partial charge in [0.1, 0.15) is 42.7 Å². The number of phosphoric acid groups is 3. The Bertz CT molecular complexity index is 1720. The second kappa shape index (κ2) is 18.7. The number of esters is 2. The van der Waals surface area contributed by atoms with Crippen LogP contribution in [0.1, 0.15) is 27.0 Å². The maximum Gasteiger partial charge on any atom is 0.486 e. The summed E-state index contributed by atoms with van der Waals surface area (Å²) in [6.45, 7) is -1.94. The van der Waals surface area contributed by atoms with Gasteiger partial charge in [-0.15, -0.1) is 0 Å². The van der Waals surface area contributed by atoms with Crippen LogP contribution in [-0.4, -0.2) is 133 Å². The number of rotatable bonds is 18. The van der Waals surface area contributed by atoms with Crippen molar-refractivity contribution >= 4 is 41.3 Å². The van der Waals surface area contributed by atoms with Crippen molar-refractivity contribution in [1.82, 2.24) is 14.9 Å². The second-order valence-electron chi connectivity index (χ2n) is 10.7. The molecule has 53 heavy (non-hydrogen) atoms. The molecule has 1 amide bonds. The van der Waals surface area contributed by atoms with Gasteiger partial charge >= 0.3 is 41.1 Å². The third-order valence-corrected chi connectivity index (χ3v) is 10.7. The number of aromatic amines is 1. The summed E-state index contributed by atoms with van der Waals surface area (Å²) < 4.78 is 88.2. The molecule has 0 bridgehead atoms. The van der Waals surface area contributed by atoms with Gasteiger partial charge in [0, 0.05) is 33.0 Å². The fourth-order valence-corrected chi connectivity index (χ4v) is 7.84. The van der Waals surface area contributed by atoms with Crippen LogP contribution < -0.4 is 16.6 Å². The zero-order chi connectivity index (χ0) is 39.9. The van der Waals surface area contributed by atoms with E-state index in [0.29, 0.717) is 4.57 Å². The molecule has 2 aliphatic rings. The minimum Gasteiger partial charge on any atom is -0.438 e. The number of amides is 1. The van der Waals surface area contributed by atoms with Crippen LogP contribution in [0.3, 0.4) is 0 Å². The van der Waals surface area contributed by atoms with E-state index in [2.05, 4.69) is 23.6 Å². The molecule has 30 heteroatoms. The predicted octanol–water partition coefficient (Wildman–Crippen LogP) is -3.44. The molecule has 0 aromatic carbocycles. The van der Waals surface area contributed by atoms with Crippen molar-refractivity contribution in [1.29, 1.82) is 0 Å². The summed E-state index contributed by atoms with van der Waals surface area (Å²) in [6.07, 6.45) is -14.8. The van der Waals surface area contributed by atoms with Crippen molar-refractivity contribution in [2.75, 3.05) is 26.8 Å². The molecule has 12 unspecified atom stereocenters. The molecule has 2 saturated heterocycles. The summed E-state index contributed by atoms with van der Waals surface area (Å²) in [5, 5.41) is 43.5. The molecule has 12 atom stereocenters. The van der Waals surface area contributed by atoms with Gasteiger partial charge in [0.05, 0.1) is 13.2 Å². The van der Waals surface area contributed by atoms with Crippen LogP contribution >= 0.6 is 23.5 Å². The number of hydrogen-bond donors (Lipinski definition) is 8.